The predicted molar refractivity (Wildman–Crippen MR) is 155 cm³/mol. The van der Waals surface area contributed by atoms with Crippen LogP contribution in [0.3, 0.4) is 0 Å². The van der Waals surface area contributed by atoms with E-state index >= 15 is 0 Å². The lowest BCUT2D eigenvalue weighted by Crippen LogP contribution is -2.28. The van der Waals surface area contributed by atoms with Crippen molar-refractivity contribution in [2.24, 2.45) is 5.10 Å². The Labute approximate surface area is 232 Å². The average Bonchev–Trinajstić information content (AvgIpc) is 3.39. The minimum Gasteiger partial charge on any atom is -0.497 e. The second-order valence-corrected chi connectivity index (χ2v) is 11.7. The third-order valence-electron chi connectivity index (χ3n) is 6.03. The van der Waals surface area contributed by atoms with Crippen molar-refractivity contribution in [3.05, 3.63) is 77.9 Å². The summed E-state index contributed by atoms with van der Waals surface area (Å²) in [5, 5.41) is 6.06. The van der Waals surface area contributed by atoms with Gasteiger partial charge in [-0.3, -0.25) is 4.79 Å². The number of sulfonamides is 1. The summed E-state index contributed by atoms with van der Waals surface area (Å²) in [5.74, 6) is 0.933. The van der Waals surface area contributed by atoms with Crippen LogP contribution in [-0.4, -0.2) is 57.6 Å². The highest BCUT2D eigenvalue weighted by Crippen LogP contribution is 2.32. The normalized spacial score (nSPS) is 11.8. The smallest absolute Gasteiger partial charge is 0.280 e. The number of hydrogen-bond donors (Lipinski definition) is 0. The summed E-state index contributed by atoms with van der Waals surface area (Å²) < 4.78 is 38.5. The number of nitrogens with zero attached hydrogens (tertiary/aromatic N) is 4. The van der Waals surface area contributed by atoms with E-state index < -0.39 is 15.9 Å². The van der Waals surface area contributed by atoms with Crippen LogP contribution in [0.1, 0.15) is 35.7 Å². The van der Waals surface area contributed by atoms with E-state index in [0.717, 1.165) is 23.1 Å². The first-order valence-electron chi connectivity index (χ1n) is 12.3. The molecule has 0 fully saturated rings. The molecular formula is C28H30N4O5S2. The number of unbranched alkanes of at least 4 members (excludes halogenated alkanes) is 1. The van der Waals surface area contributed by atoms with Crippen LogP contribution in [0.2, 0.25) is 0 Å². The maximum absolute atomic E-state index is 13.7. The maximum atomic E-state index is 13.7. The van der Waals surface area contributed by atoms with Crippen molar-refractivity contribution in [2.45, 2.75) is 24.7 Å². The Morgan fingerprint density at radius 2 is 1.67 bits per heavy atom. The number of rotatable bonds is 11. The lowest BCUT2D eigenvalue weighted by molar-refractivity contribution is 0.0987. The van der Waals surface area contributed by atoms with Crippen molar-refractivity contribution < 1.29 is 22.7 Å². The molecule has 1 heterocycles. The zero-order valence-electron chi connectivity index (χ0n) is 22.2. The molecule has 0 aliphatic rings. The maximum Gasteiger partial charge on any atom is 0.280 e. The summed E-state index contributed by atoms with van der Waals surface area (Å²) in [4.78, 5) is 18.4. The van der Waals surface area contributed by atoms with Crippen LogP contribution in [0.25, 0.3) is 10.2 Å². The first-order valence-corrected chi connectivity index (χ1v) is 14.6. The molecule has 0 saturated heterocycles. The van der Waals surface area contributed by atoms with E-state index in [2.05, 4.69) is 10.1 Å². The van der Waals surface area contributed by atoms with E-state index in [1.165, 1.54) is 44.9 Å². The van der Waals surface area contributed by atoms with Gasteiger partial charge in [-0.1, -0.05) is 24.7 Å². The van der Waals surface area contributed by atoms with Gasteiger partial charge in [0.05, 0.1) is 35.5 Å². The molecule has 39 heavy (non-hydrogen) atoms. The van der Waals surface area contributed by atoms with E-state index in [9.17, 15) is 13.2 Å². The fourth-order valence-corrected chi connectivity index (χ4v) is 5.85. The Hall–Kier alpha value is -3.80. The minimum atomic E-state index is -3.66. The fraction of sp³-hybridized carbons (Fsp3) is 0.250. The Balaban J connectivity index is 1.68. The molecule has 1 aromatic heterocycles. The van der Waals surface area contributed by atoms with Crippen LogP contribution in [-0.2, 0) is 10.0 Å². The number of carbonyl (C=O) groups excluding carboxylic acids is 1. The van der Waals surface area contributed by atoms with Gasteiger partial charge in [-0.05, 0) is 78.7 Å². The number of fused-ring (bicyclic) bond motifs is 1. The van der Waals surface area contributed by atoms with Crippen molar-refractivity contribution in [2.75, 3.05) is 32.8 Å². The first-order chi connectivity index (χ1) is 18.8. The second-order valence-electron chi connectivity index (χ2n) is 8.67. The first kappa shape index (κ1) is 28.2. The van der Waals surface area contributed by atoms with Gasteiger partial charge < -0.3 is 9.47 Å². The van der Waals surface area contributed by atoms with Crippen LogP contribution < -0.4 is 14.5 Å². The highest BCUT2D eigenvalue weighted by atomic mass is 32.2. The van der Waals surface area contributed by atoms with Gasteiger partial charge in [-0.2, -0.15) is 10.1 Å². The number of amides is 1. The highest BCUT2D eigenvalue weighted by molar-refractivity contribution is 7.89. The van der Waals surface area contributed by atoms with Crippen LogP contribution in [0, 0.1) is 0 Å². The van der Waals surface area contributed by atoms with E-state index in [0.29, 0.717) is 28.7 Å². The Kier molecular flexibility index (Phi) is 8.95. The summed E-state index contributed by atoms with van der Waals surface area (Å²) in [6.45, 7) is 2.43. The molecule has 0 saturated carbocycles. The number of hydrogen-bond acceptors (Lipinski definition) is 8. The number of carbonyl (C=O) groups is 1. The van der Waals surface area contributed by atoms with Crippen LogP contribution in [0.5, 0.6) is 11.5 Å². The zero-order chi connectivity index (χ0) is 28.0. The SMILES string of the molecule is CCCCN(C)S(=O)(=O)c1ccc(C(=O)N(/N=C/c2ccc(OC)cc2)c2nc3ccc(OC)cc3s2)cc1. The number of benzene rings is 3. The van der Waals surface area contributed by atoms with Crippen LogP contribution >= 0.6 is 11.3 Å². The summed E-state index contributed by atoms with van der Waals surface area (Å²) in [5.41, 5.74) is 1.73. The lowest BCUT2D eigenvalue weighted by Gasteiger charge is -2.17. The third kappa shape index (κ3) is 6.44. The van der Waals surface area contributed by atoms with Crippen molar-refractivity contribution in [3.8, 4) is 11.5 Å². The third-order valence-corrected chi connectivity index (χ3v) is 8.90. The van der Waals surface area contributed by atoms with Gasteiger partial charge in [0.1, 0.15) is 11.5 Å². The molecule has 1 amide bonds. The van der Waals surface area contributed by atoms with E-state index in [1.54, 1.807) is 45.7 Å². The van der Waals surface area contributed by atoms with Crippen molar-refractivity contribution in [1.29, 1.82) is 0 Å². The Bertz CT molecular complexity index is 1570. The summed E-state index contributed by atoms with van der Waals surface area (Å²) in [6.07, 6.45) is 3.21. The van der Waals surface area contributed by atoms with Crippen molar-refractivity contribution >= 4 is 48.8 Å². The van der Waals surface area contributed by atoms with Gasteiger partial charge in [0, 0.05) is 19.2 Å². The number of hydrazone groups is 1. The van der Waals surface area contributed by atoms with E-state index in [-0.39, 0.29) is 10.5 Å². The van der Waals surface area contributed by atoms with Crippen molar-refractivity contribution in [1.82, 2.24) is 9.29 Å². The fourth-order valence-electron chi connectivity index (χ4n) is 3.69. The summed E-state index contributed by atoms with van der Waals surface area (Å²) in [6, 6.07) is 18.6. The number of thiazole rings is 1. The molecule has 9 nitrogen and oxygen atoms in total. The highest BCUT2D eigenvalue weighted by Gasteiger charge is 2.24. The van der Waals surface area contributed by atoms with Gasteiger partial charge in [-0.25, -0.2) is 17.7 Å². The molecule has 3 aromatic carbocycles. The van der Waals surface area contributed by atoms with Gasteiger partial charge in [0.25, 0.3) is 5.91 Å². The zero-order valence-corrected chi connectivity index (χ0v) is 23.8. The van der Waals surface area contributed by atoms with E-state index in [4.69, 9.17) is 9.47 Å². The molecule has 0 radical (unpaired) electrons. The predicted octanol–water partition coefficient (Wildman–Crippen LogP) is 5.42. The monoisotopic (exact) mass is 566 g/mol. The van der Waals surface area contributed by atoms with Crippen LogP contribution in [0.15, 0.2) is 76.7 Å². The second kappa shape index (κ2) is 12.4. The molecule has 0 bridgehead atoms. The van der Waals surface area contributed by atoms with Crippen molar-refractivity contribution in [3.63, 3.8) is 0 Å². The average molecular weight is 567 g/mol. The summed E-state index contributed by atoms with van der Waals surface area (Å²) >= 11 is 1.30. The van der Waals surface area contributed by atoms with Gasteiger partial charge in [-0.15, -0.1) is 0 Å². The molecule has 0 unspecified atom stereocenters. The molecular weight excluding hydrogens is 536 g/mol. The lowest BCUT2D eigenvalue weighted by atomic mass is 10.2. The molecule has 11 heteroatoms. The molecule has 0 aliphatic heterocycles. The molecule has 204 valence electrons. The van der Waals surface area contributed by atoms with Crippen LogP contribution in [0.4, 0.5) is 5.13 Å². The molecule has 0 atom stereocenters. The Morgan fingerprint density at radius 3 is 2.31 bits per heavy atom. The van der Waals surface area contributed by atoms with Gasteiger partial charge in [0.15, 0.2) is 0 Å². The van der Waals surface area contributed by atoms with Gasteiger partial charge >= 0.3 is 0 Å². The van der Waals surface area contributed by atoms with E-state index in [1.807, 2.05) is 31.2 Å². The quantitative estimate of drug-likeness (QED) is 0.178. The minimum absolute atomic E-state index is 0.123. The summed E-state index contributed by atoms with van der Waals surface area (Å²) in [7, 11) is 1.08. The molecule has 0 spiro atoms. The number of ether oxygens (including phenoxy) is 2. The Morgan fingerprint density at radius 1 is 1.00 bits per heavy atom. The number of anilines is 1. The molecule has 0 aliphatic carbocycles. The number of aromatic nitrogens is 1. The number of methoxy groups -OCH3 is 2. The largest absolute Gasteiger partial charge is 0.497 e. The molecule has 0 N–H and O–H groups in total. The van der Waals surface area contributed by atoms with Gasteiger partial charge in [0.2, 0.25) is 15.2 Å². The standard InChI is InChI=1S/C28H30N4O5S2/c1-5-6-17-31(2)39(34,35)24-14-9-21(10-15-24)27(33)32(29-19-20-7-11-22(36-3)12-8-20)28-30-25-16-13-23(37-4)18-26(25)38-28/h7-16,18-19H,5-6,17H2,1-4H3/b29-19+. The topological polar surface area (TPSA) is 101 Å². The molecule has 4 rings (SSSR count). The molecule has 4 aromatic rings.